The van der Waals surface area contributed by atoms with Gasteiger partial charge in [-0.2, -0.15) is 0 Å². The highest BCUT2D eigenvalue weighted by atomic mass is 16.2. The first-order valence-corrected chi connectivity index (χ1v) is 7.04. The van der Waals surface area contributed by atoms with Crippen LogP contribution in [0.2, 0.25) is 0 Å². The number of hydrogen-bond donors (Lipinski definition) is 3. The third kappa shape index (κ3) is 6.78. The third-order valence-electron chi connectivity index (χ3n) is 3.04. The normalized spacial score (nSPS) is 18.7. The van der Waals surface area contributed by atoms with Crippen LogP contribution in [-0.2, 0) is 9.59 Å². The van der Waals surface area contributed by atoms with Gasteiger partial charge in [0.2, 0.25) is 11.8 Å². The minimum Gasteiger partial charge on any atom is -0.354 e. The second-order valence-corrected chi connectivity index (χ2v) is 5.45. The van der Waals surface area contributed by atoms with Crippen molar-refractivity contribution in [1.82, 2.24) is 20.9 Å². The monoisotopic (exact) mass is 295 g/mol. The standard InChI is InChI=1S/C14H25N5O2/c1-10(2)7-16-14(17-9-13(21)19(3)4)18-11-5-6-12(20)15-8-11/h11H,1,5-9H2,2-4H3,(H,15,20)(H2,16,17,18). The van der Waals surface area contributed by atoms with Crippen molar-refractivity contribution in [1.29, 1.82) is 0 Å². The number of carbonyl (C=O) groups excluding carboxylic acids is 2. The molecule has 1 atom stereocenters. The molecule has 0 aromatic heterocycles. The number of hydrogen-bond acceptors (Lipinski definition) is 3. The highest BCUT2D eigenvalue weighted by Crippen LogP contribution is 2.02. The van der Waals surface area contributed by atoms with E-state index in [-0.39, 0.29) is 24.4 Å². The topological polar surface area (TPSA) is 85.8 Å². The molecule has 1 rings (SSSR count). The van der Waals surface area contributed by atoms with E-state index in [0.29, 0.717) is 25.5 Å². The third-order valence-corrected chi connectivity index (χ3v) is 3.04. The summed E-state index contributed by atoms with van der Waals surface area (Å²) in [6, 6.07) is 0.119. The zero-order chi connectivity index (χ0) is 15.8. The number of rotatable bonds is 5. The molecule has 1 aliphatic rings. The van der Waals surface area contributed by atoms with E-state index in [2.05, 4.69) is 27.5 Å². The molecule has 7 nitrogen and oxygen atoms in total. The van der Waals surface area contributed by atoms with Gasteiger partial charge in [-0.15, -0.1) is 0 Å². The van der Waals surface area contributed by atoms with Crippen molar-refractivity contribution in [2.75, 3.05) is 33.7 Å². The summed E-state index contributed by atoms with van der Waals surface area (Å²) in [5, 5.41) is 9.17. The van der Waals surface area contributed by atoms with Gasteiger partial charge < -0.3 is 20.9 Å². The lowest BCUT2D eigenvalue weighted by Gasteiger charge is -2.25. The minimum absolute atomic E-state index is 0.0663. The van der Waals surface area contributed by atoms with E-state index in [4.69, 9.17) is 0 Å². The SMILES string of the molecule is C=C(C)CNC(=NCC(=O)N(C)C)NC1CCC(=O)NC1. The summed E-state index contributed by atoms with van der Waals surface area (Å²) in [5.74, 6) is 0.571. The lowest BCUT2D eigenvalue weighted by molar-refractivity contribution is -0.127. The summed E-state index contributed by atoms with van der Waals surface area (Å²) < 4.78 is 0. The zero-order valence-corrected chi connectivity index (χ0v) is 13.0. The highest BCUT2D eigenvalue weighted by molar-refractivity contribution is 5.85. The summed E-state index contributed by atoms with van der Waals surface area (Å²) in [4.78, 5) is 28.5. The molecule has 0 aromatic carbocycles. The molecular weight excluding hydrogens is 270 g/mol. The average molecular weight is 295 g/mol. The molecule has 0 saturated carbocycles. The summed E-state index contributed by atoms with van der Waals surface area (Å²) >= 11 is 0. The van der Waals surface area contributed by atoms with Gasteiger partial charge in [0.05, 0.1) is 0 Å². The second-order valence-electron chi connectivity index (χ2n) is 5.45. The van der Waals surface area contributed by atoms with Crippen molar-refractivity contribution in [3.8, 4) is 0 Å². The number of likely N-dealkylation sites (N-methyl/N-ethyl adjacent to an activating group) is 1. The minimum atomic E-state index is -0.0663. The maximum absolute atomic E-state index is 11.6. The van der Waals surface area contributed by atoms with Crippen molar-refractivity contribution in [3.05, 3.63) is 12.2 Å². The van der Waals surface area contributed by atoms with Gasteiger partial charge in [0.1, 0.15) is 6.54 Å². The molecule has 1 saturated heterocycles. The van der Waals surface area contributed by atoms with Gasteiger partial charge in [-0.3, -0.25) is 9.59 Å². The first-order chi connectivity index (χ1) is 9.88. The molecule has 0 aliphatic carbocycles. The van der Waals surface area contributed by atoms with Crippen LogP contribution in [0.4, 0.5) is 0 Å². The Bertz CT molecular complexity index is 421. The Morgan fingerprint density at radius 2 is 2.24 bits per heavy atom. The van der Waals surface area contributed by atoms with Gasteiger partial charge in [-0.25, -0.2) is 4.99 Å². The van der Waals surface area contributed by atoms with Crippen molar-refractivity contribution >= 4 is 17.8 Å². The van der Waals surface area contributed by atoms with Crippen LogP contribution in [0.3, 0.4) is 0 Å². The number of aliphatic imine (C=N–C) groups is 1. The van der Waals surface area contributed by atoms with Crippen LogP contribution in [0.15, 0.2) is 17.1 Å². The molecule has 118 valence electrons. The number of nitrogens with one attached hydrogen (secondary N) is 3. The van der Waals surface area contributed by atoms with E-state index < -0.39 is 0 Å². The smallest absolute Gasteiger partial charge is 0.243 e. The first kappa shape index (κ1) is 17.0. The van der Waals surface area contributed by atoms with Crippen LogP contribution < -0.4 is 16.0 Å². The molecule has 3 N–H and O–H groups in total. The molecule has 1 fully saturated rings. The number of nitrogens with zero attached hydrogens (tertiary/aromatic N) is 2. The van der Waals surface area contributed by atoms with Crippen molar-refractivity contribution in [2.24, 2.45) is 4.99 Å². The van der Waals surface area contributed by atoms with E-state index in [1.165, 1.54) is 4.90 Å². The first-order valence-electron chi connectivity index (χ1n) is 7.04. The van der Waals surface area contributed by atoms with E-state index in [1.807, 2.05) is 6.92 Å². The Morgan fingerprint density at radius 1 is 1.52 bits per heavy atom. The quantitative estimate of drug-likeness (QED) is 0.361. The molecule has 1 heterocycles. The van der Waals surface area contributed by atoms with Crippen molar-refractivity contribution < 1.29 is 9.59 Å². The van der Waals surface area contributed by atoms with E-state index in [9.17, 15) is 9.59 Å². The Kier molecular flexibility index (Phi) is 6.71. The second kappa shape index (κ2) is 8.28. The molecule has 0 spiro atoms. The van der Waals surface area contributed by atoms with Crippen LogP contribution >= 0.6 is 0 Å². The van der Waals surface area contributed by atoms with E-state index >= 15 is 0 Å². The van der Waals surface area contributed by atoms with Gasteiger partial charge in [-0.1, -0.05) is 12.2 Å². The molecule has 2 amide bonds. The molecule has 7 heteroatoms. The Labute approximate surface area is 125 Å². The zero-order valence-electron chi connectivity index (χ0n) is 13.0. The maximum atomic E-state index is 11.6. The van der Waals surface area contributed by atoms with Gasteiger partial charge >= 0.3 is 0 Å². The molecule has 1 aliphatic heterocycles. The van der Waals surface area contributed by atoms with Crippen LogP contribution in [0.5, 0.6) is 0 Å². The summed E-state index contributed by atoms with van der Waals surface area (Å²) in [6.45, 7) is 6.97. The summed E-state index contributed by atoms with van der Waals surface area (Å²) in [7, 11) is 3.39. The van der Waals surface area contributed by atoms with Crippen molar-refractivity contribution in [3.63, 3.8) is 0 Å². The molecule has 0 bridgehead atoms. The Hall–Kier alpha value is -2.05. The predicted octanol–water partition coefficient (Wildman–Crippen LogP) is -0.535. The van der Waals surface area contributed by atoms with Crippen LogP contribution in [0.1, 0.15) is 19.8 Å². The lowest BCUT2D eigenvalue weighted by atomic mass is 10.1. The fourth-order valence-electron chi connectivity index (χ4n) is 1.72. The molecule has 1 unspecified atom stereocenters. The highest BCUT2D eigenvalue weighted by Gasteiger charge is 2.18. The Morgan fingerprint density at radius 3 is 2.76 bits per heavy atom. The summed E-state index contributed by atoms with van der Waals surface area (Å²) in [5.41, 5.74) is 0.973. The largest absolute Gasteiger partial charge is 0.354 e. The van der Waals surface area contributed by atoms with Gasteiger partial charge in [-0.05, 0) is 13.3 Å². The number of carbonyl (C=O) groups is 2. The van der Waals surface area contributed by atoms with Gasteiger partial charge in [0, 0.05) is 39.6 Å². The van der Waals surface area contributed by atoms with Crippen molar-refractivity contribution in [2.45, 2.75) is 25.8 Å². The molecule has 0 aromatic rings. The van der Waals surface area contributed by atoms with Crippen LogP contribution in [0.25, 0.3) is 0 Å². The van der Waals surface area contributed by atoms with Gasteiger partial charge in [0.15, 0.2) is 5.96 Å². The number of guanidine groups is 1. The van der Waals surface area contributed by atoms with Gasteiger partial charge in [0.25, 0.3) is 0 Å². The average Bonchev–Trinajstić information content (AvgIpc) is 2.43. The molecular formula is C14H25N5O2. The number of piperidine rings is 1. The van der Waals surface area contributed by atoms with E-state index in [0.717, 1.165) is 12.0 Å². The van der Waals surface area contributed by atoms with E-state index in [1.54, 1.807) is 14.1 Å². The fraction of sp³-hybridized carbons (Fsp3) is 0.643. The maximum Gasteiger partial charge on any atom is 0.243 e. The predicted molar refractivity (Wildman–Crippen MR) is 83.0 cm³/mol. The van der Waals surface area contributed by atoms with Crippen LogP contribution in [0, 0.1) is 0 Å². The number of amides is 2. The molecule has 21 heavy (non-hydrogen) atoms. The Balaban J connectivity index is 2.58. The lowest BCUT2D eigenvalue weighted by Crippen LogP contribution is -2.51. The fourth-order valence-corrected chi connectivity index (χ4v) is 1.72. The van der Waals surface area contributed by atoms with Crippen LogP contribution in [-0.4, -0.2) is 62.4 Å². The molecule has 0 radical (unpaired) electrons. The summed E-state index contributed by atoms with van der Waals surface area (Å²) in [6.07, 6.45) is 1.25.